The van der Waals surface area contributed by atoms with Gasteiger partial charge in [0.1, 0.15) is 0 Å². The summed E-state index contributed by atoms with van der Waals surface area (Å²) in [5.41, 5.74) is 0. The van der Waals surface area contributed by atoms with E-state index in [1.807, 2.05) is 7.05 Å². The summed E-state index contributed by atoms with van der Waals surface area (Å²) in [5.74, 6) is 0.191. The first kappa shape index (κ1) is 24.4. The second kappa shape index (κ2) is 18.2. The number of carbonyl (C=O) groups excluding carboxylic acids is 1. The van der Waals surface area contributed by atoms with Crippen LogP contribution in [0.25, 0.3) is 0 Å². The number of unbranched alkanes of at least 4 members (excludes halogenated alkanes) is 9. The number of nitrogens with zero attached hydrogens (tertiary/aromatic N) is 1. The molecule has 150 valence electrons. The zero-order valence-electron chi connectivity index (χ0n) is 17.5. The molecule has 1 amide bonds. The molecular formula is C21H45N3O. The average Bonchev–Trinajstić information content (AvgIpc) is 2.59. The van der Waals surface area contributed by atoms with Crippen molar-refractivity contribution in [2.24, 2.45) is 0 Å². The third kappa shape index (κ3) is 18.0. The van der Waals surface area contributed by atoms with Crippen LogP contribution in [0.15, 0.2) is 0 Å². The van der Waals surface area contributed by atoms with E-state index in [4.69, 9.17) is 0 Å². The van der Waals surface area contributed by atoms with Gasteiger partial charge in [-0.1, -0.05) is 71.1 Å². The van der Waals surface area contributed by atoms with Crippen LogP contribution in [-0.4, -0.2) is 50.6 Å². The lowest BCUT2D eigenvalue weighted by molar-refractivity contribution is -0.122. The summed E-state index contributed by atoms with van der Waals surface area (Å²) < 4.78 is 0. The van der Waals surface area contributed by atoms with E-state index in [9.17, 15) is 4.79 Å². The zero-order chi connectivity index (χ0) is 18.8. The van der Waals surface area contributed by atoms with E-state index in [-0.39, 0.29) is 5.91 Å². The molecule has 0 aliphatic rings. The van der Waals surface area contributed by atoms with Crippen molar-refractivity contribution >= 4 is 5.91 Å². The highest BCUT2D eigenvalue weighted by Gasteiger charge is 2.08. The number of amides is 1. The molecule has 4 nitrogen and oxygen atoms in total. The van der Waals surface area contributed by atoms with Crippen molar-refractivity contribution in [3.8, 4) is 0 Å². The Balaban J connectivity index is 3.42. The van der Waals surface area contributed by atoms with Crippen LogP contribution in [0.5, 0.6) is 0 Å². The van der Waals surface area contributed by atoms with Gasteiger partial charge in [-0.15, -0.1) is 0 Å². The molecule has 2 N–H and O–H groups in total. The molecule has 1 atom stereocenters. The molecule has 25 heavy (non-hydrogen) atoms. The normalized spacial score (nSPS) is 12.5. The van der Waals surface area contributed by atoms with Crippen LogP contribution in [0.4, 0.5) is 0 Å². The minimum Gasteiger partial charge on any atom is -0.354 e. The van der Waals surface area contributed by atoms with Crippen molar-refractivity contribution in [1.82, 2.24) is 15.5 Å². The summed E-state index contributed by atoms with van der Waals surface area (Å²) in [6, 6.07) is 0.309. The number of hydrogen-bond acceptors (Lipinski definition) is 3. The van der Waals surface area contributed by atoms with Crippen LogP contribution in [0.1, 0.15) is 90.9 Å². The third-order valence-corrected chi connectivity index (χ3v) is 4.86. The topological polar surface area (TPSA) is 44.4 Å². The van der Waals surface area contributed by atoms with E-state index in [1.54, 1.807) is 0 Å². The Bertz CT molecular complexity index is 297. The number of rotatable bonds is 18. The average molecular weight is 356 g/mol. The summed E-state index contributed by atoms with van der Waals surface area (Å²) >= 11 is 0. The summed E-state index contributed by atoms with van der Waals surface area (Å²) in [6.45, 7) is 7.19. The van der Waals surface area contributed by atoms with E-state index in [2.05, 4.69) is 36.4 Å². The van der Waals surface area contributed by atoms with E-state index in [1.165, 1.54) is 64.2 Å². The second-order valence-electron chi connectivity index (χ2n) is 7.60. The smallest absolute Gasteiger partial charge is 0.221 e. The summed E-state index contributed by atoms with van der Waals surface area (Å²) in [5, 5.41) is 6.27. The Hall–Kier alpha value is -0.610. The predicted molar refractivity (Wildman–Crippen MR) is 110 cm³/mol. The van der Waals surface area contributed by atoms with Crippen LogP contribution in [0, 0.1) is 0 Å². The molecule has 0 saturated heterocycles. The van der Waals surface area contributed by atoms with Gasteiger partial charge >= 0.3 is 0 Å². The molecule has 0 heterocycles. The second-order valence-corrected chi connectivity index (χ2v) is 7.60. The van der Waals surface area contributed by atoms with Crippen molar-refractivity contribution in [3.63, 3.8) is 0 Å². The molecule has 1 unspecified atom stereocenters. The summed E-state index contributed by atoms with van der Waals surface area (Å²) in [6.07, 6.45) is 15.4. The Kier molecular flexibility index (Phi) is 17.7. The Morgan fingerprint density at radius 1 is 0.920 bits per heavy atom. The van der Waals surface area contributed by atoms with E-state index < -0.39 is 0 Å². The number of carbonyl (C=O) groups is 1. The molecule has 0 fully saturated rings. The van der Waals surface area contributed by atoms with E-state index in [0.717, 1.165) is 26.1 Å². The lowest BCUT2D eigenvalue weighted by Crippen LogP contribution is -2.36. The van der Waals surface area contributed by atoms with Crippen LogP contribution in [0.2, 0.25) is 0 Å². The quantitative estimate of drug-likeness (QED) is 0.359. The number of hydrogen-bond donors (Lipinski definition) is 2. The highest BCUT2D eigenvalue weighted by molar-refractivity contribution is 5.76. The maximum absolute atomic E-state index is 12.0. The maximum Gasteiger partial charge on any atom is 0.221 e. The SMILES string of the molecule is CCCCCCCCCCCCC(C)NC(=O)CCN(C)CCNC. The van der Waals surface area contributed by atoms with Gasteiger partial charge in [0.2, 0.25) is 5.91 Å². The van der Waals surface area contributed by atoms with Gasteiger partial charge < -0.3 is 15.5 Å². The molecule has 0 rings (SSSR count). The number of nitrogens with one attached hydrogen (secondary N) is 2. The van der Waals surface area contributed by atoms with Gasteiger partial charge in [-0.05, 0) is 27.4 Å². The van der Waals surface area contributed by atoms with Gasteiger partial charge in [0.05, 0.1) is 0 Å². The fraction of sp³-hybridized carbons (Fsp3) is 0.952. The largest absolute Gasteiger partial charge is 0.354 e. The molecule has 0 aliphatic heterocycles. The molecule has 0 aromatic heterocycles. The van der Waals surface area contributed by atoms with Crippen molar-refractivity contribution in [2.75, 3.05) is 33.7 Å². The van der Waals surface area contributed by atoms with Crippen LogP contribution in [0.3, 0.4) is 0 Å². The molecule has 0 aromatic rings. The molecule has 0 saturated carbocycles. The van der Waals surface area contributed by atoms with Gasteiger partial charge in [0.15, 0.2) is 0 Å². The van der Waals surface area contributed by atoms with Crippen molar-refractivity contribution in [1.29, 1.82) is 0 Å². The van der Waals surface area contributed by atoms with Gasteiger partial charge in [-0.3, -0.25) is 4.79 Å². The van der Waals surface area contributed by atoms with Crippen molar-refractivity contribution in [2.45, 2.75) is 96.9 Å². The molecular weight excluding hydrogens is 310 g/mol. The van der Waals surface area contributed by atoms with Crippen LogP contribution in [-0.2, 0) is 4.79 Å². The monoisotopic (exact) mass is 355 g/mol. The van der Waals surface area contributed by atoms with Crippen molar-refractivity contribution < 1.29 is 4.79 Å². The van der Waals surface area contributed by atoms with Crippen molar-refractivity contribution in [3.05, 3.63) is 0 Å². The van der Waals surface area contributed by atoms with Gasteiger partial charge in [0.25, 0.3) is 0 Å². The third-order valence-electron chi connectivity index (χ3n) is 4.86. The van der Waals surface area contributed by atoms with Gasteiger partial charge in [-0.25, -0.2) is 0 Å². The zero-order valence-corrected chi connectivity index (χ0v) is 17.5. The summed E-state index contributed by atoms with van der Waals surface area (Å²) in [4.78, 5) is 14.2. The first-order valence-corrected chi connectivity index (χ1v) is 10.7. The molecule has 0 bridgehead atoms. The molecule has 0 spiro atoms. The fourth-order valence-corrected chi connectivity index (χ4v) is 3.06. The lowest BCUT2D eigenvalue weighted by atomic mass is 10.0. The fourth-order valence-electron chi connectivity index (χ4n) is 3.06. The minimum absolute atomic E-state index is 0.191. The van der Waals surface area contributed by atoms with E-state index in [0.29, 0.717) is 12.5 Å². The Morgan fingerprint density at radius 3 is 2.04 bits per heavy atom. The highest BCUT2D eigenvalue weighted by atomic mass is 16.1. The number of likely N-dealkylation sites (N-methyl/N-ethyl adjacent to an activating group) is 2. The molecule has 0 aromatic carbocycles. The highest BCUT2D eigenvalue weighted by Crippen LogP contribution is 2.12. The summed E-state index contributed by atoms with van der Waals surface area (Å²) in [7, 11) is 4.02. The predicted octanol–water partition coefficient (Wildman–Crippen LogP) is 4.34. The maximum atomic E-state index is 12.0. The Morgan fingerprint density at radius 2 is 1.48 bits per heavy atom. The molecule has 0 radical (unpaired) electrons. The Labute approximate surface area is 157 Å². The lowest BCUT2D eigenvalue weighted by Gasteiger charge is -2.18. The van der Waals surface area contributed by atoms with Crippen LogP contribution < -0.4 is 10.6 Å². The molecule has 0 aliphatic carbocycles. The van der Waals surface area contributed by atoms with Gasteiger partial charge in [-0.2, -0.15) is 0 Å². The minimum atomic E-state index is 0.191. The van der Waals surface area contributed by atoms with E-state index >= 15 is 0 Å². The first-order valence-electron chi connectivity index (χ1n) is 10.7. The van der Waals surface area contributed by atoms with Gasteiger partial charge in [0, 0.05) is 32.1 Å². The standard InChI is InChI=1S/C21H45N3O/c1-5-6-7-8-9-10-11-12-13-14-15-20(2)23-21(25)16-18-24(4)19-17-22-3/h20,22H,5-19H2,1-4H3,(H,23,25). The molecule has 4 heteroatoms. The van der Waals surface area contributed by atoms with Crippen LogP contribution >= 0.6 is 0 Å². The first-order chi connectivity index (χ1) is 12.1.